The molecule has 254 valence electrons. The van der Waals surface area contributed by atoms with Crippen molar-refractivity contribution in [2.24, 2.45) is 5.73 Å². The molecule has 0 saturated carbocycles. The fourth-order valence-electron chi connectivity index (χ4n) is 5.77. The molecule has 2 aromatic heterocycles. The summed E-state index contributed by atoms with van der Waals surface area (Å²) in [5.41, 5.74) is 10.1. The molecule has 4 unspecified atom stereocenters. The van der Waals surface area contributed by atoms with Crippen LogP contribution in [-0.4, -0.2) is 74.0 Å². The van der Waals surface area contributed by atoms with Crippen molar-refractivity contribution in [2.45, 2.75) is 56.3 Å². The molecule has 0 aliphatic rings. The van der Waals surface area contributed by atoms with Gasteiger partial charge in [0.1, 0.15) is 18.1 Å². The maximum atomic E-state index is 13.8. The lowest BCUT2D eigenvalue weighted by Crippen LogP contribution is -2.58. The summed E-state index contributed by atoms with van der Waals surface area (Å²) in [6.45, 7) is 0. The highest BCUT2D eigenvalue weighted by atomic mass is 16.4. The van der Waals surface area contributed by atoms with E-state index in [4.69, 9.17) is 5.73 Å². The number of benzene rings is 3. The second-order valence-electron chi connectivity index (χ2n) is 11.9. The van der Waals surface area contributed by atoms with Gasteiger partial charge in [-0.05, 0) is 41.7 Å². The molecular weight excluding hydrogens is 628 g/mol. The van der Waals surface area contributed by atoms with Gasteiger partial charge < -0.3 is 41.9 Å². The molecule has 9 N–H and O–H groups in total. The summed E-state index contributed by atoms with van der Waals surface area (Å²) in [5.74, 6) is -4.70. The summed E-state index contributed by atoms with van der Waals surface area (Å²) >= 11 is 0. The molecule has 49 heavy (non-hydrogen) atoms. The number of aliphatic carboxylic acids is 2. The summed E-state index contributed by atoms with van der Waals surface area (Å²) in [4.78, 5) is 70.7. The number of carboxylic acid groups (broad SMARTS) is 2. The number of para-hydroxylation sites is 2. The van der Waals surface area contributed by atoms with Crippen LogP contribution in [0.15, 0.2) is 91.3 Å². The molecule has 0 spiro atoms. The second-order valence-corrected chi connectivity index (χ2v) is 11.9. The van der Waals surface area contributed by atoms with Crippen molar-refractivity contribution in [1.29, 1.82) is 0 Å². The van der Waals surface area contributed by atoms with Gasteiger partial charge in [0, 0.05) is 53.5 Å². The number of rotatable bonds is 16. The molecular formula is C36H38N6O7. The molecule has 0 aliphatic carbocycles. The van der Waals surface area contributed by atoms with Crippen LogP contribution in [0.5, 0.6) is 0 Å². The van der Waals surface area contributed by atoms with Crippen molar-refractivity contribution in [3.8, 4) is 0 Å². The van der Waals surface area contributed by atoms with Crippen molar-refractivity contribution >= 4 is 51.5 Å². The van der Waals surface area contributed by atoms with E-state index in [9.17, 15) is 34.2 Å². The molecule has 13 heteroatoms. The van der Waals surface area contributed by atoms with Gasteiger partial charge in [-0.1, -0.05) is 66.7 Å². The van der Waals surface area contributed by atoms with Gasteiger partial charge in [0.2, 0.25) is 17.7 Å². The molecule has 0 aliphatic heterocycles. The van der Waals surface area contributed by atoms with Crippen molar-refractivity contribution in [1.82, 2.24) is 25.9 Å². The fourth-order valence-corrected chi connectivity index (χ4v) is 5.77. The van der Waals surface area contributed by atoms with E-state index >= 15 is 0 Å². The van der Waals surface area contributed by atoms with E-state index in [0.29, 0.717) is 11.1 Å². The zero-order valence-electron chi connectivity index (χ0n) is 26.5. The van der Waals surface area contributed by atoms with Gasteiger partial charge in [0.25, 0.3) is 0 Å². The third-order valence-electron chi connectivity index (χ3n) is 8.36. The van der Waals surface area contributed by atoms with Gasteiger partial charge in [0.05, 0.1) is 6.04 Å². The minimum Gasteiger partial charge on any atom is -0.481 e. The quantitative estimate of drug-likeness (QED) is 0.0780. The minimum absolute atomic E-state index is 0.00127. The van der Waals surface area contributed by atoms with Crippen LogP contribution in [0.25, 0.3) is 21.8 Å². The van der Waals surface area contributed by atoms with Gasteiger partial charge in [-0.3, -0.25) is 19.2 Å². The van der Waals surface area contributed by atoms with E-state index in [1.807, 2.05) is 48.5 Å². The van der Waals surface area contributed by atoms with E-state index in [1.54, 1.807) is 42.7 Å². The lowest BCUT2D eigenvalue weighted by Gasteiger charge is -2.25. The molecule has 0 fully saturated rings. The zero-order valence-corrected chi connectivity index (χ0v) is 26.5. The average Bonchev–Trinajstić information content (AvgIpc) is 3.70. The Morgan fingerprint density at radius 2 is 1.12 bits per heavy atom. The Morgan fingerprint density at radius 1 is 0.612 bits per heavy atom. The van der Waals surface area contributed by atoms with E-state index in [1.165, 1.54) is 0 Å². The summed E-state index contributed by atoms with van der Waals surface area (Å²) in [5, 5.41) is 28.8. The van der Waals surface area contributed by atoms with Crippen LogP contribution < -0.4 is 21.7 Å². The first-order valence-corrected chi connectivity index (χ1v) is 15.8. The summed E-state index contributed by atoms with van der Waals surface area (Å²) in [6, 6.07) is 18.7. The van der Waals surface area contributed by atoms with Gasteiger partial charge in [0.15, 0.2) is 0 Å². The van der Waals surface area contributed by atoms with Crippen LogP contribution in [0.4, 0.5) is 0 Å². The van der Waals surface area contributed by atoms with E-state index < -0.39 is 60.2 Å². The number of aromatic amines is 2. The highest BCUT2D eigenvalue weighted by Gasteiger charge is 2.31. The van der Waals surface area contributed by atoms with E-state index in [0.717, 1.165) is 27.4 Å². The summed E-state index contributed by atoms with van der Waals surface area (Å²) in [7, 11) is 0. The SMILES string of the molecule is NC(Cc1c[nH]c2ccccc12)C(=O)NC(CCC(=O)O)C(=O)NC(Cc1c[nH]c2ccccc12)C(=O)NC(Cc1ccccc1)C(=O)O. The predicted octanol–water partition coefficient (Wildman–Crippen LogP) is 2.41. The monoisotopic (exact) mass is 666 g/mol. The van der Waals surface area contributed by atoms with Crippen LogP contribution in [-0.2, 0) is 43.2 Å². The van der Waals surface area contributed by atoms with Gasteiger partial charge in [-0.2, -0.15) is 0 Å². The van der Waals surface area contributed by atoms with Crippen molar-refractivity contribution in [3.63, 3.8) is 0 Å². The first-order valence-electron chi connectivity index (χ1n) is 15.8. The number of hydrogen-bond donors (Lipinski definition) is 8. The Morgan fingerprint density at radius 3 is 1.71 bits per heavy atom. The van der Waals surface area contributed by atoms with Gasteiger partial charge in [-0.25, -0.2) is 4.79 Å². The van der Waals surface area contributed by atoms with Gasteiger partial charge in [-0.15, -0.1) is 0 Å². The molecule has 0 saturated heterocycles. The average molecular weight is 667 g/mol. The van der Waals surface area contributed by atoms with Crippen LogP contribution in [0, 0.1) is 0 Å². The first kappa shape index (κ1) is 34.4. The standard InChI is InChI=1S/C36H38N6O7/c37-26(17-22-19-38-27-12-6-4-10-24(22)27)33(45)40-29(14-15-32(43)44)34(46)41-30(18-23-20-39-28-13-7-5-11-25(23)28)35(47)42-31(36(48)49)16-21-8-2-1-3-9-21/h1-13,19-20,26,29-31,38-39H,14-18,37H2,(H,40,45)(H,41,46)(H,42,47)(H,43,44)(H,48,49). The topological polar surface area (TPSA) is 219 Å². The lowest BCUT2D eigenvalue weighted by molar-refractivity contribution is -0.142. The number of hydrogen-bond acceptors (Lipinski definition) is 6. The second kappa shape index (κ2) is 15.8. The number of nitrogens with two attached hydrogens (primary N) is 1. The number of carbonyl (C=O) groups excluding carboxylic acids is 3. The minimum atomic E-state index is -1.35. The number of carboxylic acids is 2. The molecule has 13 nitrogen and oxygen atoms in total. The number of aromatic nitrogens is 2. The maximum absolute atomic E-state index is 13.8. The first-order chi connectivity index (χ1) is 23.6. The fraction of sp³-hybridized carbons (Fsp3) is 0.250. The highest BCUT2D eigenvalue weighted by Crippen LogP contribution is 2.21. The maximum Gasteiger partial charge on any atom is 0.326 e. The number of H-pyrrole nitrogens is 2. The number of amides is 3. The predicted molar refractivity (Wildman–Crippen MR) is 182 cm³/mol. The number of carbonyl (C=O) groups is 5. The Hall–Kier alpha value is -5.95. The van der Waals surface area contributed by atoms with Crippen molar-refractivity contribution in [2.75, 3.05) is 0 Å². The molecule has 3 amide bonds. The third-order valence-corrected chi connectivity index (χ3v) is 8.36. The van der Waals surface area contributed by atoms with Crippen LogP contribution in [0.3, 0.4) is 0 Å². The molecule has 5 aromatic rings. The van der Waals surface area contributed by atoms with Crippen LogP contribution >= 0.6 is 0 Å². The van der Waals surface area contributed by atoms with E-state index in [-0.39, 0.29) is 25.7 Å². The lowest BCUT2D eigenvalue weighted by atomic mass is 10.0. The third kappa shape index (κ3) is 8.90. The molecule has 3 aromatic carbocycles. The Labute approximate surface area is 281 Å². The summed E-state index contributed by atoms with van der Waals surface area (Å²) < 4.78 is 0. The van der Waals surface area contributed by atoms with E-state index in [2.05, 4.69) is 25.9 Å². The number of nitrogens with one attached hydrogen (secondary N) is 5. The van der Waals surface area contributed by atoms with Crippen LogP contribution in [0.2, 0.25) is 0 Å². The number of fused-ring (bicyclic) bond motifs is 2. The van der Waals surface area contributed by atoms with Gasteiger partial charge >= 0.3 is 11.9 Å². The van der Waals surface area contributed by atoms with Crippen molar-refractivity contribution < 1.29 is 34.2 Å². The van der Waals surface area contributed by atoms with Crippen molar-refractivity contribution in [3.05, 3.63) is 108 Å². The molecule has 5 rings (SSSR count). The van der Waals surface area contributed by atoms with Crippen LogP contribution in [0.1, 0.15) is 29.5 Å². The Kier molecular flexibility index (Phi) is 11.1. The summed E-state index contributed by atoms with van der Waals surface area (Å²) in [6.07, 6.45) is 2.84. The molecule has 0 radical (unpaired) electrons. The highest BCUT2D eigenvalue weighted by molar-refractivity contribution is 5.95. The smallest absolute Gasteiger partial charge is 0.326 e. The molecule has 4 atom stereocenters. The zero-order chi connectivity index (χ0) is 34.9. The Balaban J connectivity index is 1.35. The Bertz CT molecular complexity index is 1950. The molecule has 0 bridgehead atoms. The molecule has 2 heterocycles. The largest absolute Gasteiger partial charge is 0.481 e. The normalized spacial score (nSPS) is 13.7.